The average molecular weight is 285 g/mol. The fourth-order valence-electron chi connectivity index (χ4n) is 1.56. The molecule has 0 bridgehead atoms. The molecule has 0 saturated heterocycles. The topological polar surface area (TPSA) is 106 Å². The molecule has 8 heteroatoms. The van der Waals surface area contributed by atoms with E-state index in [1.165, 1.54) is 4.90 Å². The van der Waals surface area contributed by atoms with Gasteiger partial charge in [-0.3, -0.25) is 9.59 Å². The molecule has 0 radical (unpaired) electrons. The highest BCUT2D eigenvalue weighted by Crippen LogP contribution is 2.05. The van der Waals surface area contributed by atoms with E-state index >= 15 is 0 Å². The van der Waals surface area contributed by atoms with Gasteiger partial charge in [-0.15, -0.1) is 0 Å². The molecule has 0 aliphatic heterocycles. The predicted molar refractivity (Wildman–Crippen MR) is 67.8 cm³/mol. The van der Waals surface area contributed by atoms with Crippen molar-refractivity contribution in [1.29, 1.82) is 0 Å². The van der Waals surface area contributed by atoms with E-state index in [1.54, 1.807) is 13.8 Å². The summed E-state index contributed by atoms with van der Waals surface area (Å²) in [6, 6.07) is -0.159. The van der Waals surface area contributed by atoms with Crippen LogP contribution in [0.3, 0.4) is 0 Å². The van der Waals surface area contributed by atoms with E-state index < -0.39 is 5.97 Å². The monoisotopic (exact) mass is 285 g/mol. The Hall–Kier alpha value is -1.96. The third-order valence-electron chi connectivity index (χ3n) is 2.77. The van der Waals surface area contributed by atoms with E-state index in [1.807, 2.05) is 6.92 Å². The van der Waals surface area contributed by atoms with Crippen LogP contribution in [0.5, 0.6) is 0 Å². The minimum Gasteiger partial charge on any atom is -0.480 e. The molecule has 1 atom stereocenters. The van der Waals surface area contributed by atoms with Crippen LogP contribution in [-0.2, 0) is 20.9 Å². The van der Waals surface area contributed by atoms with Gasteiger partial charge in [-0.2, -0.15) is 4.98 Å². The number of ether oxygens (including phenoxy) is 1. The number of amides is 1. The number of nitrogens with zero attached hydrogens (tertiary/aromatic N) is 3. The van der Waals surface area contributed by atoms with E-state index in [9.17, 15) is 9.59 Å². The summed E-state index contributed by atoms with van der Waals surface area (Å²) in [5.74, 6) is -0.658. The number of carboxylic acid groups (broad SMARTS) is 1. The van der Waals surface area contributed by atoms with Crippen molar-refractivity contribution >= 4 is 11.9 Å². The quantitative estimate of drug-likeness (QED) is 0.745. The lowest BCUT2D eigenvalue weighted by Crippen LogP contribution is -2.43. The second-order valence-electron chi connectivity index (χ2n) is 4.40. The second kappa shape index (κ2) is 7.59. The zero-order valence-corrected chi connectivity index (χ0v) is 11.8. The molecule has 20 heavy (non-hydrogen) atoms. The molecule has 0 aliphatic rings. The maximum absolute atomic E-state index is 11.9. The fraction of sp³-hybridized carbons (Fsp3) is 0.667. The molecule has 1 N–H and O–H groups in total. The number of carbonyl (C=O) groups excluding carboxylic acids is 1. The number of aliphatic carboxylic acids is 1. The summed E-state index contributed by atoms with van der Waals surface area (Å²) in [5, 5.41) is 12.4. The molecule has 112 valence electrons. The molecule has 0 fully saturated rings. The number of hydrogen-bond acceptors (Lipinski definition) is 6. The highest BCUT2D eigenvalue weighted by atomic mass is 16.5. The first-order valence-corrected chi connectivity index (χ1v) is 6.32. The molecule has 1 aromatic heterocycles. The largest absolute Gasteiger partial charge is 0.480 e. The number of hydrogen-bond donors (Lipinski definition) is 1. The maximum atomic E-state index is 11.9. The zero-order chi connectivity index (χ0) is 15.1. The smallest absolute Gasteiger partial charge is 0.323 e. The highest BCUT2D eigenvalue weighted by molar-refractivity contribution is 5.82. The minimum atomic E-state index is -1.05. The summed E-state index contributed by atoms with van der Waals surface area (Å²) in [6.07, 6.45) is 0.669. The second-order valence-corrected chi connectivity index (χ2v) is 4.40. The first-order valence-electron chi connectivity index (χ1n) is 6.32. The van der Waals surface area contributed by atoms with Crippen molar-refractivity contribution in [2.75, 3.05) is 13.2 Å². The summed E-state index contributed by atoms with van der Waals surface area (Å²) in [7, 11) is 0. The lowest BCUT2D eigenvalue weighted by molar-refractivity contribution is -0.148. The van der Waals surface area contributed by atoms with Crippen molar-refractivity contribution in [1.82, 2.24) is 15.0 Å². The number of carbonyl (C=O) groups is 2. The third kappa shape index (κ3) is 4.96. The van der Waals surface area contributed by atoms with Crippen LogP contribution in [0.2, 0.25) is 0 Å². The lowest BCUT2D eigenvalue weighted by Gasteiger charge is -2.26. The Bertz CT molecular complexity index is 460. The number of carboxylic acids is 1. The van der Waals surface area contributed by atoms with Gasteiger partial charge in [-0.05, 0) is 20.3 Å². The molecule has 0 saturated carbocycles. The van der Waals surface area contributed by atoms with Gasteiger partial charge in [0.25, 0.3) is 5.89 Å². The molecule has 1 heterocycles. The molecular formula is C12H19N3O5. The molecule has 1 amide bonds. The van der Waals surface area contributed by atoms with Crippen LogP contribution >= 0.6 is 0 Å². The van der Waals surface area contributed by atoms with Gasteiger partial charge >= 0.3 is 5.97 Å². The van der Waals surface area contributed by atoms with Crippen LogP contribution in [0.15, 0.2) is 4.52 Å². The molecular weight excluding hydrogens is 266 g/mol. The van der Waals surface area contributed by atoms with Gasteiger partial charge in [0.15, 0.2) is 5.82 Å². The van der Waals surface area contributed by atoms with Gasteiger partial charge in [-0.1, -0.05) is 12.1 Å². The maximum Gasteiger partial charge on any atom is 0.323 e. The van der Waals surface area contributed by atoms with Crippen molar-refractivity contribution in [3.8, 4) is 0 Å². The van der Waals surface area contributed by atoms with E-state index in [-0.39, 0.29) is 37.6 Å². The van der Waals surface area contributed by atoms with Crippen molar-refractivity contribution in [2.24, 2.45) is 0 Å². The summed E-state index contributed by atoms with van der Waals surface area (Å²) in [6.45, 7) is 4.82. The van der Waals surface area contributed by atoms with Crippen LogP contribution < -0.4 is 0 Å². The van der Waals surface area contributed by atoms with Crippen LogP contribution in [0, 0.1) is 6.92 Å². The van der Waals surface area contributed by atoms with Crippen LogP contribution in [-0.4, -0.2) is 51.2 Å². The van der Waals surface area contributed by atoms with Gasteiger partial charge in [0.1, 0.15) is 19.8 Å². The zero-order valence-electron chi connectivity index (χ0n) is 11.8. The Balaban J connectivity index is 2.47. The minimum absolute atomic E-state index is 0.0218. The summed E-state index contributed by atoms with van der Waals surface area (Å²) in [5.41, 5.74) is 0. The summed E-state index contributed by atoms with van der Waals surface area (Å²) < 4.78 is 10.0. The van der Waals surface area contributed by atoms with Crippen molar-refractivity contribution in [3.63, 3.8) is 0 Å². The lowest BCUT2D eigenvalue weighted by atomic mass is 10.2. The Kier molecular flexibility index (Phi) is 6.10. The van der Waals surface area contributed by atoms with Crippen LogP contribution in [0.4, 0.5) is 0 Å². The number of aromatic nitrogens is 2. The molecule has 0 aliphatic carbocycles. The summed E-state index contributed by atoms with van der Waals surface area (Å²) in [4.78, 5) is 27.9. The van der Waals surface area contributed by atoms with Gasteiger partial charge in [-0.25, -0.2) is 0 Å². The van der Waals surface area contributed by atoms with Gasteiger partial charge in [0.05, 0.1) is 0 Å². The SMILES string of the molecule is CCC(C)N(CC(=O)O)C(=O)COCc1nc(C)no1. The first kappa shape index (κ1) is 16.1. The van der Waals surface area contributed by atoms with E-state index in [0.717, 1.165) is 0 Å². The van der Waals surface area contributed by atoms with Crippen LogP contribution in [0.25, 0.3) is 0 Å². The van der Waals surface area contributed by atoms with E-state index in [0.29, 0.717) is 12.2 Å². The Morgan fingerprint density at radius 3 is 2.70 bits per heavy atom. The molecule has 8 nitrogen and oxygen atoms in total. The molecule has 1 rings (SSSR count). The molecule has 0 aromatic carbocycles. The Labute approximate surface area is 116 Å². The summed E-state index contributed by atoms with van der Waals surface area (Å²) >= 11 is 0. The van der Waals surface area contributed by atoms with Crippen molar-refractivity contribution in [3.05, 3.63) is 11.7 Å². The third-order valence-corrected chi connectivity index (χ3v) is 2.77. The molecule has 0 spiro atoms. The van der Waals surface area contributed by atoms with Gasteiger partial charge in [0, 0.05) is 6.04 Å². The van der Waals surface area contributed by atoms with Gasteiger partial charge < -0.3 is 19.3 Å². The van der Waals surface area contributed by atoms with Gasteiger partial charge in [0.2, 0.25) is 5.91 Å². The molecule has 1 unspecified atom stereocenters. The first-order chi connectivity index (χ1) is 9.43. The average Bonchev–Trinajstić information content (AvgIpc) is 2.80. The van der Waals surface area contributed by atoms with Crippen LogP contribution in [0.1, 0.15) is 32.0 Å². The van der Waals surface area contributed by atoms with E-state index in [4.69, 9.17) is 14.4 Å². The fourth-order valence-corrected chi connectivity index (χ4v) is 1.56. The van der Waals surface area contributed by atoms with Crippen molar-refractivity contribution < 1.29 is 24.0 Å². The number of aryl methyl sites for hydroxylation is 1. The van der Waals surface area contributed by atoms with Crippen molar-refractivity contribution in [2.45, 2.75) is 39.8 Å². The molecule has 1 aromatic rings. The standard InChI is InChI=1S/C12H19N3O5/c1-4-8(2)15(5-12(17)18)11(16)7-19-6-10-13-9(3)14-20-10/h8H,4-7H2,1-3H3,(H,17,18). The Morgan fingerprint density at radius 2 is 2.20 bits per heavy atom. The normalized spacial score (nSPS) is 12.2. The highest BCUT2D eigenvalue weighted by Gasteiger charge is 2.21. The predicted octanol–water partition coefficient (Wildman–Crippen LogP) is 0.606. The van der Waals surface area contributed by atoms with E-state index in [2.05, 4.69) is 10.1 Å². The Morgan fingerprint density at radius 1 is 1.50 bits per heavy atom. The number of rotatable bonds is 8.